The van der Waals surface area contributed by atoms with Crippen LogP contribution in [0.15, 0.2) is 48.5 Å². The molecule has 2 aromatic carbocycles. The number of rotatable bonds is 4. The molecular formula is C16H14FN3O. The summed E-state index contributed by atoms with van der Waals surface area (Å²) in [5, 5.41) is 11.4. The zero-order chi connectivity index (χ0) is 15.2. The number of carbonyl (C=O) groups is 1. The molecule has 0 aliphatic carbocycles. The molecule has 0 aromatic heterocycles. The molecule has 5 heteroatoms. The van der Waals surface area contributed by atoms with E-state index in [1.54, 1.807) is 36.2 Å². The lowest BCUT2D eigenvalue weighted by atomic mass is 10.2. The van der Waals surface area contributed by atoms with Gasteiger partial charge in [-0.25, -0.2) is 4.39 Å². The highest BCUT2D eigenvalue weighted by atomic mass is 19.1. The number of nitriles is 1. The first-order valence-electron chi connectivity index (χ1n) is 6.35. The van der Waals surface area contributed by atoms with E-state index in [1.807, 2.05) is 6.07 Å². The molecule has 21 heavy (non-hydrogen) atoms. The SMILES string of the molecule is CN(CC(=O)Nc1ccc(F)cc1)c1ccc(C#N)cc1. The van der Waals surface area contributed by atoms with Gasteiger partial charge in [0, 0.05) is 18.4 Å². The lowest BCUT2D eigenvalue weighted by Gasteiger charge is -2.18. The van der Waals surface area contributed by atoms with Crippen molar-refractivity contribution in [2.45, 2.75) is 0 Å². The van der Waals surface area contributed by atoms with Gasteiger partial charge in [-0.05, 0) is 48.5 Å². The van der Waals surface area contributed by atoms with Crippen LogP contribution in [0, 0.1) is 17.1 Å². The Labute approximate surface area is 122 Å². The Balaban J connectivity index is 1.95. The maximum absolute atomic E-state index is 12.8. The molecule has 2 aromatic rings. The molecule has 0 unspecified atom stereocenters. The Morgan fingerprint density at radius 1 is 1.19 bits per heavy atom. The van der Waals surface area contributed by atoms with Gasteiger partial charge in [-0.1, -0.05) is 0 Å². The lowest BCUT2D eigenvalue weighted by molar-refractivity contribution is -0.114. The van der Waals surface area contributed by atoms with Crippen LogP contribution in [-0.4, -0.2) is 19.5 Å². The number of hydrogen-bond donors (Lipinski definition) is 1. The smallest absolute Gasteiger partial charge is 0.243 e. The molecule has 0 atom stereocenters. The molecule has 0 saturated carbocycles. The summed E-state index contributed by atoms with van der Waals surface area (Å²) in [6, 6.07) is 14.6. The summed E-state index contributed by atoms with van der Waals surface area (Å²) in [6.45, 7) is 0.156. The number of nitrogens with zero attached hydrogens (tertiary/aromatic N) is 2. The molecule has 106 valence electrons. The van der Waals surface area contributed by atoms with E-state index in [1.165, 1.54) is 24.3 Å². The van der Waals surface area contributed by atoms with Crippen molar-refractivity contribution in [3.63, 3.8) is 0 Å². The van der Waals surface area contributed by atoms with Gasteiger partial charge in [-0.3, -0.25) is 4.79 Å². The van der Waals surface area contributed by atoms with Crippen LogP contribution in [0.3, 0.4) is 0 Å². The first-order chi connectivity index (χ1) is 10.1. The van der Waals surface area contributed by atoms with E-state index in [0.29, 0.717) is 11.3 Å². The molecule has 0 heterocycles. The Morgan fingerprint density at radius 3 is 2.38 bits per heavy atom. The van der Waals surface area contributed by atoms with Crippen LogP contribution in [0.2, 0.25) is 0 Å². The predicted octanol–water partition coefficient (Wildman–Crippen LogP) is 2.77. The molecule has 0 fully saturated rings. The molecule has 1 N–H and O–H groups in total. The van der Waals surface area contributed by atoms with Crippen LogP contribution in [0.5, 0.6) is 0 Å². The quantitative estimate of drug-likeness (QED) is 0.938. The van der Waals surface area contributed by atoms with E-state index in [2.05, 4.69) is 5.32 Å². The van der Waals surface area contributed by atoms with Crippen molar-refractivity contribution in [2.24, 2.45) is 0 Å². The molecule has 2 rings (SSSR count). The first kappa shape index (κ1) is 14.5. The van der Waals surface area contributed by atoms with Crippen LogP contribution in [0.25, 0.3) is 0 Å². The summed E-state index contributed by atoms with van der Waals surface area (Å²) in [6.07, 6.45) is 0. The first-order valence-corrected chi connectivity index (χ1v) is 6.35. The molecule has 0 aliphatic rings. The summed E-state index contributed by atoms with van der Waals surface area (Å²) in [5.74, 6) is -0.545. The summed E-state index contributed by atoms with van der Waals surface area (Å²) in [5.41, 5.74) is 1.96. The van der Waals surface area contributed by atoms with Crippen molar-refractivity contribution in [2.75, 3.05) is 23.8 Å². The van der Waals surface area contributed by atoms with Crippen molar-refractivity contribution in [3.05, 3.63) is 59.9 Å². The number of nitrogens with one attached hydrogen (secondary N) is 1. The van der Waals surface area contributed by atoms with Crippen LogP contribution >= 0.6 is 0 Å². The highest BCUT2D eigenvalue weighted by Crippen LogP contribution is 2.14. The maximum atomic E-state index is 12.8. The standard InChI is InChI=1S/C16H14FN3O/c1-20(15-8-2-12(10-18)3-9-15)11-16(21)19-14-6-4-13(17)5-7-14/h2-9H,11H2,1H3,(H,19,21). The van der Waals surface area contributed by atoms with Gasteiger partial charge in [0.05, 0.1) is 18.2 Å². The van der Waals surface area contributed by atoms with Gasteiger partial charge in [0.25, 0.3) is 0 Å². The fourth-order valence-electron chi connectivity index (χ4n) is 1.83. The fourth-order valence-corrected chi connectivity index (χ4v) is 1.83. The van der Waals surface area contributed by atoms with Crippen molar-refractivity contribution in [3.8, 4) is 6.07 Å². The second-order valence-electron chi connectivity index (χ2n) is 4.57. The normalized spacial score (nSPS) is 9.76. The number of likely N-dealkylation sites (N-methyl/N-ethyl adjacent to an activating group) is 1. The van der Waals surface area contributed by atoms with Crippen molar-refractivity contribution < 1.29 is 9.18 Å². The molecule has 4 nitrogen and oxygen atoms in total. The third-order valence-electron chi connectivity index (χ3n) is 2.95. The Bertz CT molecular complexity index is 659. The number of anilines is 2. The topological polar surface area (TPSA) is 56.1 Å². The number of halogens is 1. The zero-order valence-corrected chi connectivity index (χ0v) is 11.5. The van der Waals surface area contributed by atoms with E-state index >= 15 is 0 Å². The number of carbonyl (C=O) groups excluding carboxylic acids is 1. The van der Waals surface area contributed by atoms with Crippen molar-refractivity contribution >= 4 is 17.3 Å². The number of hydrogen-bond acceptors (Lipinski definition) is 3. The van der Waals surface area contributed by atoms with Crippen LogP contribution in [0.4, 0.5) is 15.8 Å². The second kappa shape index (κ2) is 6.53. The molecule has 1 amide bonds. The van der Waals surface area contributed by atoms with Gasteiger partial charge in [0.15, 0.2) is 0 Å². The van der Waals surface area contributed by atoms with Crippen LogP contribution in [-0.2, 0) is 4.79 Å². The molecule has 0 radical (unpaired) electrons. The van der Waals surface area contributed by atoms with Gasteiger partial charge >= 0.3 is 0 Å². The summed E-state index contributed by atoms with van der Waals surface area (Å²) >= 11 is 0. The molecule has 0 aliphatic heterocycles. The average Bonchev–Trinajstić information content (AvgIpc) is 2.49. The van der Waals surface area contributed by atoms with Gasteiger partial charge in [-0.15, -0.1) is 0 Å². The minimum absolute atomic E-state index is 0.156. The third kappa shape index (κ3) is 4.05. The predicted molar refractivity (Wildman–Crippen MR) is 79.5 cm³/mol. The summed E-state index contributed by atoms with van der Waals surface area (Å²) in [4.78, 5) is 13.7. The van der Waals surface area contributed by atoms with Gasteiger partial charge in [0.1, 0.15) is 5.82 Å². The highest BCUT2D eigenvalue weighted by Gasteiger charge is 2.08. The van der Waals surface area contributed by atoms with Crippen molar-refractivity contribution in [1.29, 1.82) is 5.26 Å². The van der Waals surface area contributed by atoms with Gasteiger partial charge < -0.3 is 10.2 Å². The van der Waals surface area contributed by atoms with E-state index in [4.69, 9.17) is 5.26 Å². The maximum Gasteiger partial charge on any atom is 0.243 e. The Morgan fingerprint density at radius 2 is 1.81 bits per heavy atom. The minimum Gasteiger partial charge on any atom is -0.365 e. The van der Waals surface area contributed by atoms with E-state index < -0.39 is 0 Å². The second-order valence-corrected chi connectivity index (χ2v) is 4.57. The lowest BCUT2D eigenvalue weighted by Crippen LogP contribution is -2.30. The van der Waals surface area contributed by atoms with E-state index in [0.717, 1.165) is 5.69 Å². The van der Waals surface area contributed by atoms with Crippen molar-refractivity contribution in [1.82, 2.24) is 0 Å². The largest absolute Gasteiger partial charge is 0.365 e. The van der Waals surface area contributed by atoms with Crippen LogP contribution in [0.1, 0.15) is 5.56 Å². The van der Waals surface area contributed by atoms with E-state index in [9.17, 15) is 9.18 Å². The minimum atomic E-state index is -0.345. The fraction of sp³-hybridized carbons (Fsp3) is 0.125. The third-order valence-corrected chi connectivity index (χ3v) is 2.95. The molecule has 0 spiro atoms. The molecule has 0 bridgehead atoms. The Kier molecular flexibility index (Phi) is 4.52. The molecule has 0 saturated heterocycles. The summed E-state index contributed by atoms with van der Waals surface area (Å²) in [7, 11) is 1.78. The Hall–Kier alpha value is -2.87. The number of amides is 1. The average molecular weight is 283 g/mol. The van der Waals surface area contributed by atoms with Gasteiger partial charge in [-0.2, -0.15) is 5.26 Å². The van der Waals surface area contributed by atoms with Gasteiger partial charge in [0.2, 0.25) is 5.91 Å². The summed E-state index contributed by atoms with van der Waals surface area (Å²) < 4.78 is 12.8. The van der Waals surface area contributed by atoms with Crippen LogP contribution < -0.4 is 10.2 Å². The zero-order valence-electron chi connectivity index (χ0n) is 11.5. The molecular weight excluding hydrogens is 269 g/mol. The highest BCUT2D eigenvalue weighted by molar-refractivity contribution is 5.94. The monoisotopic (exact) mass is 283 g/mol. The number of benzene rings is 2. The van der Waals surface area contributed by atoms with E-state index in [-0.39, 0.29) is 18.3 Å².